The summed E-state index contributed by atoms with van der Waals surface area (Å²) in [7, 11) is 4.04. The number of hydrogen-bond donors (Lipinski definition) is 0. The highest BCUT2D eigenvalue weighted by Crippen LogP contribution is 2.46. The lowest BCUT2D eigenvalue weighted by atomic mass is 9.89. The summed E-state index contributed by atoms with van der Waals surface area (Å²) in [5.74, 6) is 0.817. The molecule has 216 valence electrons. The second-order valence-electron chi connectivity index (χ2n) is 9.43. The molecule has 0 aromatic heterocycles. The number of fused-ring (bicyclic) bond motifs is 1. The Morgan fingerprint density at radius 2 is 1.51 bits per heavy atom. The number of nitrogens with zero attached hydrogens (tertiary/aromatic N) is 2. The molecule has 1 amide bonds. The van der Waals surface area contributed by atoms with Crippen molar-refractivity contribution in [2.24, 2.45) is 0 Å². The number of hydrogen-bond acceptors (Lipinski definition) is 5. The molecular formula is C27H32F6N2O4. The van der Waals surface area contributed by atoms with Crippen molar-refractivity contribution in [2.75, 3.05) is 32.8 Å². The Hall–Kier alpha value is -3.31. The lowest BCUT2D eigenvalue weighted by Gasteiger charge is -2.44. The van der Waals surface area contributed by atoms with Crippen LogP contribution in [0.5, 0.6) is 11.5 Å². The van der Waals surface area contributed by atoms with Crippen LogP contribution in [-0.4, -0.2) is 44.9 Å². The number of methoxy groups -OCH3 is 3. The Kier molecular flexibility index (Phi) is 9.17. The molecule has 0 radical (unpaired) electrons. The number of anilines is 1. The average molecular weight is 563 g/mol. The first-order valence-corrected chi connectivity index (χ1v) is 12.4. The summed E-state index contributed by atoms with van der Waals surface area (Å²) < 4.78 is 96.9. The number of carbonyl (C=O) groups is 1. The van der Waals surface area contributed by atoms with Gasteiger partial charge in [-0.3, -0.25) is 4.90 Å². The molecule has 2 aromatic rings. The number of carbonyl (C=O) groups excluding carboxylic acids is 1. The number of benzene rings is 2. The largest absolute Gasteiger partial charge is 0.493 e. The van der Waals surface area contributed by atoms with Crippen molar-refractivity contribution in [3.8, 4) is 11.5 Å². The fraction of sp³-hybridized carbons (Fsp3) is 0.519. The molecule has 0 saturated carbocycles. The van der Waals surface area contributed by atoms with Crippen LogP contribution in [0.3, 0.4) is 0 Å². The molecule has 6 nitrogen and oxygen atoms in total. The summed E-state index contributed by atoms with van der Waals surface area (Å²) in [5, 5.41) is 0. The minimum absolute atomic E-state index is 0.0622. The summed E-state index contributed by atoms with van der Waals surface area (Å²) >= 11 is 0. The molecule has 0 spiro atoms. The number of alkyl halides is 6. The maximum Gasteiger partial charge on any atom is 0.416 e. The predicted molar refractivity (Wildman–Crippen MR) is 133 cm³/mol. The highest BCUT2D eigenvalue weighted by Gasteiger charge is 2.40. The van der Waals surface area contributed by atoms with Crippen molar-refractivity contribution in [3.05, 3.63) is 52.6 Å². The van der Waals surface area contributed by atoms with Crippen LogP contribution in [0.4, 0.5) is 36.8 Å². The van der Waals surface area contributed by atoms with Gasteiger partial charge in [-0.2, -0.15) is 26.3 Å². The van der Waals surface area contributed by atoms with Crippen molar-refractivity contribution in [1.29, 1.82) is 0 Å². The molecule has 0 N–H and O–H groups in total. The summed E-state index contributed by atoms with van der Waals surface area (Å²) in [6.07, 6.45) is -8.74. The van der Waals surface area contributed by atoms with E-state index in [4.69, 9.17) is 14.2 Å². The molecule has 0 bridgehead atoms. The first kappa shape index (κ1) is 30.2. The summed E-state index contributed by atoms with van der Waals surface area (Å²) in [6, 6.07) is 3.92. The SMILES string of the molecule is CCCCN1c2cc(OC)c(OC)cc2[C@@H](N(Cc2cc(C(F)(F)F)cc(C(F)(F)F)c2)C(=O)OC)C[C@H]1C. The molecule has 0 aliphatic carbocycles. The van der Waals surface area contributed by atoms with Gasteiger partial charge in [-0.1, -0.05) is 13.3 Å². The fourth-order valence-corrected chi connectivity index (χ4v) is 4.91. The standard InChI is InChI=1S/C27H32F6N2O4/c1-6-7-8-34-16(2)9-21(20-13-23(37-3)24(38-4)14-22(20)34)35(25(36)39-5)15-17-10-18(26(28,29)30)12-19(11-17)27(31,32)33/h10-14,16,21H,6-9,15H2,1-5H3/t16-,21+/m1/s1. The van der Waals surface area contributed by atoms with E-state index in [9.17, 15) is 31.1 Å². The minimum Gasteiger partial charge on any atom is -0.493 e. The Morgan fingerprint density at radius 1 is 0.949 bits per heavy atom. The van der Waals surface area contributed by atoms with Gasteiger partial charge in [0.15, 0.2) is 11.5 Å². The summed E-state index contributed by atoms with van der Waals surface area (Å²) in [4.78, 5) is 16.3. The van der Waals surface area contributed by atoms with Gasteiger partial charge in [0.05, 0.1) is 38.5 Å². The summed E-state index contributed by atoms with van der Waals surface area (Å²) in [5.41, 5.74) is -1.88. The molecule has 0 saturated heterocycles. The van der Waals surface area contributed by atoms with Crippen LogP contribution in [0.15, 0.2) is 30.3 Å². The Bertz CT molecular complexity index is 1140. The highest BCUT2D eigenvalue weighted by molar-refractivity contribution is 5.71. The molecule has 39 heavy (non-hydrogen) atoms. The number of rotatable bonds is 8. The number of unbranched alkanes of at least 4 members (excludes halogenated alkanes) is 1. The van der Waals surface area contributed by atoms with Gasteiger partial charge >= 0.3 is 18.4 Å². The van der Waals surface area contributed by atoms with Crippen LogP contribution in [0.2, 0.25) is 0 Å². The molecule has 1 aliphatic heterocycles. The quantitative estimate of drug-likeness (QED) is 0.313. The first-order chi connectivity index (χ1) is 18.2. The van der Waals surface area contributed by atoms with E-state index < -0.39 is 42.2 Å². The van der Waals surface area contributed by atoms with Crippen LogP contribution in [0.1, 0.15) is 61.4 Å². The van der Waals surface area contributed by atoms with Crippen LogP contribution < -0.4 is 14.4 Å². The number of amides is 1. The van der Waals surface area contributed by atoms with E-state index >= 15 is 0 Å². The van der Waals surface area contributed by atoms with E-state index in [2.05, 4.69) is 11.8 Å². The maximum atomic E-state index is 13.5. The third-order valence-electron chi connectivity index (χ3n) is 6.84. The number of ether oxygens (including phenoxy) is 3. The van der Waals surface area contributed by atoms with Crippen molar-refractivity contribution in [1.82, 2.24) is 4.90 Å². The van der Waals surface area contributed by atoms with Crippen LogP contribution in [0, 0.1) is 0 Å². The lowest BCUT2D eigenvalue weighted by Crippen LogP contribution is -2.45. The van der Waals surface area contributed by atoms with E-state index in [1.165, 1.54) is 14.2 Å². The molecule has 2 aromatic carbocycles. The maximum absolute atomic E-state index is 13.5. The van der Waals surface area contributed by atoms with Crippen molar-refractivity contribution in [2.45, 2.75) is 64.1 Å². The molecule has 1 aliphatic rings. The van der Waals surface area contributed by atoms with E-state index in [1.807, 2.05) is 6.92 Å². The third-order valence-corrected chi connectivity index (χ3v) is 6.84. The highest BCUT2D eigenvalue weighted by atomic mass is 19.4. The molecule has 1 heterocycles. The van der Waals surface area contributed by atoms with Crippen LogP contribution in [-0.2, 0) is 23.6 Å². The van der Waals surface area contributed by atoms with Crippen molar-refractivity contribution in [3.63, 3.8) is 0 Å². The second-order valence-corrected chi connectivity index (χ2v) is 9.43. The Balaban J connectivity index is 2.17. The van der Waals surface area contributed by atoms with Gasteiger partial charge in [0.1, 0.15) is 0 Å². The number of halogens is 6. The zero-order chi connectivity index (χ0) is 29.1. The molecule has 12 heteroatoms. The first-order valence-electron chi connectivity index (χ1n) is 12.4. The van der Waals surface area contributed by atoms with E-state index in [-0.39, 0.29) is 17.7 Å². The Labute approximate surface area is 223 Å². The van der Waals surface area contributed by atoms with E-state index in [1.54, 1.807) is 12.1 Å². The van der Waals surface area contributed by atoms with Gasteiger partial charge in [-0.15, -0.1) is 0 Å². The third kappa shape index (κ3) is 6.65. The Morgan fingerprint density at radius 3 is 2.00 bits per heavy atom. The van der Waals surface area contributed by atoms with Gasteiger partial charge < -0.3 is 19.1 Å². The molecular weight excluding hydrogens is 530 g/mol. The van der Waals surface area contributed by atoms with Gasteiger partial charge in [-0.05, 0) is 49.6 Å². The molecule has 3 rings (SSSR count). The smallest absolute Gasteiger partial charge is 0.416 e. The van der Waals surface area contributed by atoms with E-state index in [0.717, 1.165) is 30.5 Å². The zero-order valence-electron chi connectivity index (χ0n) is 22.4. The topological polar surface area (TPSA) is 51.2 Å². The second kappa shape index (κ2) is 11.8. The molecule has 0 unspecified atom stereocenters. The molecule has 0 fully saturated rings. The monoisotopic (exact) mass is 562 g/mol. The van der Waals surface area contributed by atoms with Crippen LogP contribution in [0.25, 0.3) is 0 Å². The van der Waals surface area contributed by atoms with Crippen molar-refractivity contribution < 1.29 is 45.3 Å². The van der Waals surface area contributed by atoms with Gasteiger partial charge in [0.25, 0.3) is 0 Å². The zero-order valence-corrected chi connectivity index (χ0v) is 22.4. The summed E-state index contributed by atoms with van der Waals surface area (Å²) in [6.45, 7) is 4.16. The minimum atomic E-state index is -5.01. The van der Waals surface area contributed by atoms with E-state index in [0.29, 0.717) is 42.2 Å². The van der Waals surface area contributed by atoms with Crippen LogP contribution >= 0.6 is 0 Å². The normalized spacial score (nSPS) is 17.5. The van der Waals surface area contributed by atoms with Gasteiger partial charge in [0.2, 0.25) is 0 Å². The average Bonchev–Trinajstić information content (AvgIpc) is 2.88. The predicted octanol–water partition coefficient (Wildman–Crippen LogP) is 7.45. The fourth-order valence-electron chi connectivity index (χ4n) is 4.91. The lowest BCUT2D eigenvalue weighted by molar-refractivity contribution is -0.143. The molecule has 2 atom stereocenters. The van der Waals surface area contributed by atoms with Crippen molar-refractivity contribution >= 4 is 11.8 Å². The van der Waals surface area contributed by atoms with Gasteiger partial charge in [0, 0.05) is 36.4 Å². The van der Waals surface area contributed by atoms with Gasteiger partial charge in [-0.25, -0.2) is 4.79 Å².